The van der Waals surface area contributed by atoms with Gasteiger partial charge in [-0.15, -0.1) is 0 Å². The maximum atomic E-state index is 11.6. The average molecular weight is 250 g/mol. The molecule has 1 aromatic rings. The van der Waals surface area contributed by atoms with Crippen LogP contribution in [0.3, 0.4) is 0 Å². The lowest BCUT2D eigenvalue weighted by atomic mass is 10.1. The van der Waals surface area contributed by atoms with Crippen molar-refractivity contribution in [3.05, 3.63) is 23.8 Å². The molecule has 0 bridgehead atoms. The summed E-state index contributed by atoms with van der Waals surface area (Å²) in [4.78, 5) is 13.9. The van der Waals surface area contributed by atoms with Crippen molar-refractivity contribution in [1.82, 2.24) is 0 Å². The van der Waals surface area contributed by atoms with Gasteiger partial charge in [0.25, 0.3) is 0 Å². The Morgan fingerprint density at radius 3 is 2.39 bits per heavy atom. The summed E-state index contributed by atoms with van der Waals surface area (Å²) in [6.45, 7) is 6.22. The number of hydrogen-bond donors (Lipinski definition) is 1. The Kier molecular flexibility index (Phi) is 5.49. The zero-order valence-electron chi connectivity index (χ0n) is 11.4. The molecule has 0 saturated carbocycles. The zero-order chi connectivity index (χ0) is 13.5. The number of carbonyl (C=O) groups excluding carboxylic acids is 1. The molecular weight excluding hydrogens is 228 g/mol. The Morgan fingerprint density at radius 2 is 1.89 bits per heavy atom. The third kappa shape index (κ3) is 3.39. The maximum Gasteiger partial charge on any atom is 0.340 e. The van der Waals surface area contributed by atoms with Gasteiger partial charge in [-0.05, 0) is 31.0 Å². The van der Waals surface area contributed by atoms with Gasteiger partial charge in [-0.2, -0.15) is 0 Å². The standard InChI is InChI=1S/C14H22N2O2/c1-4-8-16(9-5-2)11-6-7-13(15)12(10-11)14(17)18-3/h6-7,10H,4-5,8-9,15H2,1-3H3. The van der Waals surface area contributed by atoms with E-state index < -0.39 is 0 Å². The molecule has 2 N–H and O–H groups in total. The van der Waals surface area contributed by atoms with Crippen LogP contribution in [0, 0.1) is 0 Å². The van der Waals surface area contributed by atoms with Gasteiger partial charge in [-0.3, -0.25) is 0 Å². The predicted octanol–water partition coefficient (Wildman–Crippen LogP) is 2.68. The average Bonchev–Trinajstić information content (AvgIpc) is 2.38. The van der Waals surface area contributed by atoms with E-state index in [4.69, 9.17) is 10.5 Å². The molecule has 0 saturated heterocycles. The minimum absolute atomic E-state index is 0.387. The highest BCUT2D eigenvalue weighted by molar-refractivity contribution is 5.96. The van der Waals surface area contributed by atoms with Gasteiger partial charge < -0.3 is 15.4 Å². The van der Waals surface area contributed by atoms with E-state index in [0.29, 0.717) is 11.3 Å². The van der Waals surface area contributed by atoms with Gasteiger partial charge in [0.15, 0.2) is 0 Å². The lowest BCUT2D eigenvalue weighted by Gasteiger charge is -2.24. The van der Waals surface area contributed by atoms with Gasteiger partial charge in [0.1, 0.15) is 0 Å². The molecule has 0 heterocycles. The van der Waals surface area contributed by atoms with Crippen molar-refractivity contribution in [2.45, 2.75) is 26.7 Å². The largest absolute Gasteiger partial charge is 0.465 e. The number of carbonyl (C=O) groups is 1. The first-order valence-corrected chi connectivity index (χ1v) is 6.36. The fourth-order valence-corrected chi connectivity index (χ4v) is 1.94. The van der Waals surface area contributed by atoms with Crippen LogP contribution in [0.25, 0.3) is 0 Å². The summed E-state index contributed by atoms with van der Waals surface area (Å²) in [6, 6.07) is 5.53. The molecule has 1 rings (SSSR count). The molecule has 0 amide bonds. The Bertz CT molecular complexity index is 399. The van der Waals surface area contributed by atoms with Gasteiger partial charge in [0, 0.05) is 24.5 Å². The first-order chi connectivity index (χ1) is 8.63. The molecule has 0 aliphatic heterocycles. The van der Waals surface area contributed by atoms with Gasteiger partial charge in [-0.25, -0.2) is 4.79 Å². The Hall–Kier alpha value is -1.71. The van der Waals surface area contributed by atoms with Crippen LogP contribution in [-0.2, 0) is 4.74 Å². The summed E-state index contributed by atoms with van der Waals surface area (Å²) in [5.74, 6) is -0.387. The molecule has 4 nitrogen and oxygen atoms in total. The van der Waals surface area contributed by atoms with Crippen LogP contribution in [0.4, 0.5) is 11.4 Å². The molecule has 0 atom stereocenters. The first-order valence-electron chi connectivity index (χ1n) is 6.36. The van der Waals surface area contributed by atoms with Crippen LogP contribution in [0.1, 0.15) is 37.0 Å². The molecule has 0 aromatic heterocycles. The van der Waals surface area contributed by atoms with Gasteiger partial charge in [-0.1, -0.05) is 13.8 Å². The number of hydrogen-bond acceptors (Lipinski definition) is 4. The SMILES string of the molecule is CCCN(CCC)c1ccc(N)c(C(=O)OC)c1. The highest BCUT2D eigenvalue weighted by atomic mass is 16.5. The monoisotopic (exact) mass is 250 g/mol. The van der Waals surface area contributed by atoms with Gasteiger partial charge in [0.05, 0.1) is 12.7 Å². The topological polar surface area (TPSA) is 55.6 Å². The van der Waals surface area contributed by atoms with Crippen LogP contribution in [0.2, 0.25) is 0 Å². The van der Waals surface area contributed by atoms with Crippen molar-refractivity contribution in [2.75, 3.05) is 30.8 Å². The summed E-state index contributed by atoms with van der Waals surface area (Å²) < 4.78 is 4.73. The molecule has 0 aliphatic rings. The minimum atomic E-state index is -0.387. The van der Waals surface area contributed by atoms with Crippen molar-refractivity contribution in [3.8, 4) is 0 Å². The highest BCUT2D eigenvalue weighted by Gasteiger charge is 2.13. The van der Waals surface area contributed by atoms with Crippen LogP contribution in [0.5, 0.6) is 0 Å². The number of nitrogen functional groups attached to an aromatic ring is 1. The molecule has 18 heavy (non-hydrogen) atoms. The van der Waals surface area contributed by atoms with Crippen molar-refractivity contribution in [3.63, 3.8) is 0 Å². The molecule has 100 valence electrons. The summed E-state index contributed by atoms with van der Waals surface area (Å²) in [5.41, 5.74) is 7.71. The zero-order valence-corrected chi connectivity index (χ0v) is 11.4. The number of rotatable bonds is 6. The van der Waals surface area contributed by atoms with Gasteiger partial charge >= 0.3 is 5.97 Å². The molecule has 0 fully saturated rings. The van der Waals surface area contributed by atoms with Crippen molar-refractivity contribution >= 4 is 17.3 Å². The van der Waals surface area contributed by atoms with Gasteiger partial charge in [0.2, 0.25) is 0 Å². The number of esters is 1. The Labute approximate surface area is 109 Å². The summed E-state index contributed by atoms with van der Waals surface area (Å²) >= 11 is 0. The molecule has 0 unspecified atom stereocenters. The van der Waals surface area contributed by atoms with E-state index in [1.54, 1.807) is 6.07 Å². The van der Waals surface area contributed by atoms with E-state index in [2.05, 4.69) is 18.7 Å². The van der Waals surface area contributed by atoms with Crippen LogP contribution in [0.15, 0.2) is 18.2 Å². The molecule has 0 spiro atoms. The third-order valence-electron chi connectivity index (χ3n) is 2.79. The van der Waals surface area contributed by atoms with Crippen LogP contribution < -0.4 is 10.6 Å². The van der Waals surface area contributed by atoms with E-state index in [-0.39, 0.29) is 5.97 Å². The highest BCUT2D eigenvalue weighted by Crippen LogP contribution is 2.22. The fraction of sp³-hybridized carbons (Fsp3) is 0.500. The third-order valence-corrected chi connectivity index (χ3v) is 2.79. The predicted molar refractivity (Wildman–Crippen MR) is 75.0 cm³/mol. The molecule has 0 radical (unpaired) electrons. The molecule has 4 heteroatoms. The second-order valence-electron chi connectivity index (χ2n) is 4.25. The quantitative estimate of drug-likeness (QED) is 0.623. The summed E-state index contributed by atoms with van der Waals surface area (Å²) in [7, 11) is 1.37. The lowest BCUT2D eigenvalue weighted by Crippen LogP contribution is -2.25. The molecular formula is C14H22N2O2. The number of ether oxygens (including phenoxy) is 1. The van der Waals surface area contributed by atoms with Crippen molar-refractivity contribution in [1.29, 1.82) is 0 Å². The smallest absolute Gasteiger partial charge is 0.340 e. The molecule has 1 aromatic carbocycles. The Morgan fingerprint density at radius 1 is 1.28 bits per heavy atom. The Balaban J connectivity index is 3.04. The fourth-order valence-electron chi connectivity index (χ4n) is 1.94. The molecule has 0 aliphatic carbocycles. The number of benzene rings is 1. The summed E-state index contributed by atoms with van der Waals surface area (Å²) in [5, 5.41) is 0. The van der Waals surface area contributed by atoms with E-state index in [9.17, 15) is 4.79 Å². The van der Waals surface area contributed by atoms with Crippen molar-refractivity contribution in [2.24, 2.45) is 0 Å². The van der Waals surface area contributed by atoms with E-state index in [0.717, 1.165) is 31.6 Å². The second kappa shape index (κ2) is 6.89. The number of nitrogens with zero attached hydrogens (tertiary/aromatic N) is 1. The van der Waals surface area contributed by atoms with Crippen LogP contribution >= 0.6 is 0 Å². The van der Waals surface area contributed by atoms with Crippen LogP contribution in [-0.4, -0.2) is 26.2 Å². The lowest BCUT2D eigenvalue weighted by molar-refractivity contribution is 0.0602. The van der Waals surface area contributed by atoms with E-state index in [1.165, 1.54) is 7.11 Å². The minimum Gasteiger partial charge on any atom is -0.465 e. The normalized spacial score (nSPS) is 10.2. The van der Waals surface area contributed by atoms with E-state index in [1.807, 2.05) is 12.1 Å². The second-order valence-corrected chi connectivity index (χ2v) is 4.25. The number of anilines is 2. The first kappa shape index (κ1) is 14.4. The maximum absolute atomic E-state index is 11.6. The van der Waals surface area contributed by atoms with E-state index >= 15 is 0 Å². The summed E-state index contributed by atoms with van der Waals surface area (Å²) in [6.07, 6.45) is 2.13. The number of methoxy groups -OCH3 is 1. The number of nitrogens with two attached hydrogens (primary N) is 1. The van der Waals surface area contributed by atoms with Crippen molar-refractivity contribution < 1.29 is 9.53 Å².